The molecule has 2 aliphatic heterocycles. The molecule has 1 aromatic rings. The van der Waals surface area contributed by atoms with E-state index in [4.69, 9.17) is 9.47 Å². The zero-order valence-corrected chi connectivity index (χ0v) is 17.6. The maximum absolute atomic E-state index is 13.0. The fraction of sp³-hybridized carbons (Fsp3) is 0.696. The number of piperazine rings is 1. The molecular formula is C23H34N2O3. The molecule has 5 heteroatoms. The van der Waals surface area contributed by atoms with Gasteiger partial charge in [-0.25, -0.2) is 0 Å². The second kappa shape index (κ2) is 7.94. The van der Waals surface area contributed by atoms with Crippen LogP contribution in [0.3, 0.4) is 0 Å². The van der Waals surface area contributed by atoms with E-state index in [1.165, 1.54) is 18.4 Å². The van der Waals surface area contributed by atoms with Gasteiger partial charge in [-0.15, -0.1) is 0 Å². The van der Waals surface area contributed by atoms with Crippen LogP contribution < -0.4 is 9.47 Å². The number of hydrogen-bond acceptors (Lipinski definition) is 4. The van der Waals surface area contributed by atoms with Gasteiger partial charge >= 0.3 is 0 Å². The minimum Gasteiger partial charge on any atom is -0.486 e. The van der Waals surface area contributed by atoms with Gasteiger partial charge in [-0.05, 0) is 47.8 Å². The maximum atomic E-state index is 13.0. The van der Waals surface area contributed by atoms with Gasteiger partial charge in [0.05, 0.1) is 0 Å². The first-order valence-corrected chi connectivity index (χ1v) is 10.8. The second-order valence-corrected chi connectivity index (χ2v) is 9.77. The standard InChI is InChI=1S/C23H34N2O3/c1-23(2,3)16-24-8-10-25(11-9-24)22(26)15-19(17-4-5-17)18-6-7-20-21(14-18)28-13-12-27-20/h6-7,14,17,19H,4-5,8-13,15-16H2,1-3H3. The van der Waals surface area contributed by atoms with Crippen LogP contribution in [0.5, 0.6) is 11.5 Å². The Hall–Kier alpha value is -1.75. The molecule has 1 saturated heterocycles. The van der Waals surface area contributed by atoms with E-state index in [1.54, 1.807) is 0 Å². The number of carbonyl (C=O) groups excluding carboxylic acids is 1. The lowest BCUT2D eigenvalue weighted by molar-refractivity contribution is -0.133. The molecule has 2 fully saturated rings. The number of nitrogens with zero attached hydrogens (tertiary/aromatic N) is 2. The Labute approximate surface area is 169 Å². The summed E-state index contributed by atoms with van der Waals surface area (Å²) in [5.41, 5.74) is 1.54. The molecule has 0 radical (unpaired) electrons. The average Bonchev–Trinajstić information content (AvgIpc) is 3.50. The number of carbonyl (C=O) groups is 1. The predicted octanol–water partition coefficient (Wildman–Crippen LogP) is 3.53. The van der Waals surface area contributed by atoms with Crippen molar-refractivity contribution < 1.29 is 14.3 Å². The largest absolute Gasteiger partial charge is 0.486 e. The molecule has 1 unspecified atom stereocenters. The fourth-order valence-corrected chi connectivity index (χ4v) is 4.49. The van der Waals surface area contributed by atoms with E-state index >= 15 is 0 Å². The third kappa shape index (κ3) is 4.80. The molecule has 1 amide bonds. The van der Waals surface area contributed by atoms with Crippen molar-refractivity contribution in [3.05, 3.63) is 23.8 Å². The van der Waals surface area contributed by atoms with Gasteiger partial charge in [-0.1, -0.05) is 26.8 Å². The summed E-state index contributed by atoms with van der Waals surface area (Å²) in [6.45, 7) is 12.8. The summed E-state index contributed by atoms with van der Waals surface area (Å²) in [4.78, 5) is 17.6. The molecular weight excluding hydrogens is 352 g/mol. The van der Waals surface area contributed by atoms with Crippen LogP contribution in [0.1, 0.15) is 51.5 Å². The fourth-order valence-electron chi connectivity index (χ4n) is 4.49. The van der Waals surface area contributed by atoms with Crippen molar-refractivity contribution in [2.75, 3.05) is 45.9 Å². The van der Waals surface area contributed by atoms with Gasteiger partial charge in [0.1, 0.15) is 13.2 Å². The molecule has 0 aromatic heterocycles. The highest BCUT2D eigenvalue weighted by Gasteiger charge is 2.36. The lowest BCUT2D eigenvalue weighted by Crippen LogP contribution is -2.50. The monoisotopic (exact) mass is 386 g/mol. The van der Waals surface area contributed by atoms with Crippen molar-refractivity contribution in [2.24, 2.45) is 11.3 Å². The van der Waals surface area contributed by atoms with Crippen molar-refractivity contribution in [1.82, 2.24) is 9.80 Å². The lowest BCUT2D eigenvalue weighted by atomic mass is 9.90. The van der Waals surface area contributed by atoms with Crippen LogP contribution in [0.25, 0.3) is 0 Å². The normalized spacial score (nSPS) is 21.5. The van der Waals surface area contributed by atoms with Crippen LogP contribution in [-0.2, 0) is 4.79 Å². The van der Waals surface area contributed by atoms with Crippen LogP contribution in [-0.4, -0.2) is 61.6 Å². The third-order valence-corrected chi connectivity index (χ3v) is 6.00. The molecule has 4 rings (SSSR count). The van der Waals surface area contributed by atoms with Crippen molar-refractivity contribution in [3.8, 4) is 11.5 Å². The van der Waals surface area contributed by atoms with Gasteiger partial charge in [0.15, 0.2) is 11.5 Å². The van der Waals surface area contributed by atoms with E-state index in [0.717, 1.165) is 44.2 Å². The number of amides is 1. The maximum Gasteiger partial charge on any atom is 0.223 e. The summed E-state index contributed by atoms with van der Waals surface area (Å²) in [7, 11) is 0. The number of ether oxygens (including phenoxy) is 2. The molecule has 5 nitrogen and oxygen atoms in total. The highest BCUT2D eigenvalue weighted by molar-refractivity contribution is 5.77. The van der Waals surface area contributed by atoms with Crippen LogP contribution in [0.4, 0.5) is 0 Å². The van der Waals surface area contributed by atoms with Gasteiger partial charge in [-0.2, -0.15) is 0 Å². The molecule has 0 spiro atoms. The highest BCUT2D eigenvalue weighted by atomic mass is 16.6. The van der Waals surface area contributed by atoms with Gasteiger partial charge in [0.2, 0.25) is 5.91 Å². The first-order valence-electron chi connectivity index (χ1n) is 10.8. The quantitative estimate of drug-likeness (QED) is 0.776. The Morgan fingerprint density at radius 1 is 1.07 bits per heavy atom. The molecule has 1 aliphatic carbocycles. The molecule has 0 bridgehead atoms. The van der Waals surface area contributed by atoms with E-state index in [-0.39, 0.29) is 0 Å². The van der Waals surface area contributed by atoms with Gasteiger partial charge in [0.25, 0.3) is 0 Å². The van der Waals surface area contributed by atoms with Crippen molar-refractivity contribution in [2.45, 2.75) is 46.0 Å². The summed E-state index contributed by atoms with van der Waals surface area (Å²) < 4.78 is 11.4. The first kappa shape index (κ1) is 19.6. The molecule has 2 heterocycles. The average molecular weight is 387 g/mol. The van der Waals surface area contributed by atoms with Crippen molar-refractivity contribution >= 4 is 5.91 Å². The molecule has 1 atom stereocenters. The third-order valence-electron chi connectivity index (χ3n) is 6.00. The first-order chi connectivity index (χ1) is 13.4. The van der Waals surface area contributed by atoms with E-state index in [2.05, 4.69) is 42.7 Å². The molecule has 0 N–H and O–H groups in total. The molecule has 1 aromatic carbocycles. The van der Waals surface area contributed by atoms with Crippen LogP contribution in [0.2, 0.25) is 0 Å². The van der Waals surface area contributed by atoms with E-state index in [0.29, 0.717) is 42.8 Å². The minimum atomic E-state index is 0.302. The second-order valence-electron chi connectivity index (χ2n) is 9.77. The smallest absolute Gasteiger partial charge is 0.223 e. The summed E-state index contributed by atoms with van der Waals surface area (Å²) in [5, 5.41) is 0. The minimum absolute atomic E-state index is 0.302. The van der Waals surface area contributed by atoms with Crippen molar-refractivity contribution in [1.29, 1.82) is 0 Å². The Bertz CT molecular complexity index is 700. The van der Waals surface area contributed by atoms with Crippen LogP contribution >= 0.6 is 0 Å². The SMILES string of the molecule is CC(C)(C)CN1CCN(C(=O)CC(c2ccc3c(c2)OCCO3)C2CC2)CC1. The number of benzene rings is 1. The number of hydrogen-bond donors (Lipinski definition) is 0. The molecule has 28 heavy (non-hydrogen) atoms. The Balaban J connectivity index is 1.37. The zero-order chi connectivity index (χ0) is 19.7. The van der Waals surface area contributed by atoms with Gasteiger partial charge < -0.3 is 14.4 Å². The summed E-state index contributed by atoms with van der Waals surface area (Å²) in [6, 6.07) is 6.24. The Morgan fingerprint density at radius 3 is 2.39 bits per heavy atom. The molecule has 154 valence electrons. The van der Waals surface area contributed by atoms with Crippen LogP contribution in [0, 0.1) is 11.3 Å². The summed E-state index contributed by atoms with van der Waals surface area (Å²) >= 11 is 0. The Kier molecular flexibility index (Phi) is 5.55. The predicted molar refractivity (Wildman–Crippen MR) is 110 cm³/mol. The topological polar surface area (TPSA) is 42.0 Å². The lowest BCUT2D eigenvalue weighted by Gasteiger charge is -2.38. The van der Waals surface area contributed by atoms with E-state index in [9.17, 15) is 4.79 Å². The molecule has 3 aliphatic rings. The summed E-state index contributed by atoms with van der Waals surface area (Å²) in [5.74, 6) is 2.90. The van der Waals surface area contributed by atoms with E-state index in [1.807, 2.05) is 6.07 Å². The van der Waals surface area contributed by atoms with Crippen molar-refractivity contribution in [3.63, 3.8) is 0 Å². The number of rotatable bonds is 5. The highest BCUT2D eigenvalue weighted by Crippen LogP contribution is 2.46. The number of fused-ring (bicyclic) bond motifs is 1. The van der Waals surface area contributed by atoms with E-state index < -0.39 is 0 Å². The van der Waals surface area contributed by atoms with Crippen LogP contribution in [0.15, 0.2) is 18.2 Å². The zero-order valence-electron chi connectivity index (χ0n) is 17.6. The summed E-state index contributed by atoms with van der Waals surface area (Å²) in [6.07, 6.45) is 3.07. The van der Waals surface area contributed by atoms with Gasteiger partial charge in [0, 0.05) is 39.1 Å². The Morgan fingerprint density at radius 2 is 1.75 bits per heavy atom. The molecule has 1 saturated carbocycles. The van der Waals surface area contributed by atoms with Gasteiger partial charge in [-0.3, -0.25) is 9.69 Å².